The highest BCUT2D eigenvalue weighted by Crippen LogP contribution is 2.28. The summed E-state index contributed by atoms with van der Waals surface area (Å²) in [6.45, 7) is 5.57. The van der Waals surface area contributed by atoms with Gasteiger partial charge in [-0.05, 0) is 39.0 Å². The van der Waals surface area contributed by atoms with Gasteiger partial charge in [-0.25, -0.2) is 4.79 Å². The fourth-order valence-electron chi connectivity index (χ4n) is 1.27. The molecule has 0 aliphatic heterocycles. The van der Waals surface area contributed by atoms with Crippen LogP contribution < -0.4 is 10.1 Å². The van der Waals surface area contributed by atoms with Crippen molar-refractivity contribution in [3.05, 3.63) is 23.2 Å². The zero-order valence-electron chi connectivity index (χ0n) is 10.1. The van der Waals surface area contributed by atoms with Gasteiger partial charge in [-0.2, -0.15) is 0 Å². The summed E-state index contributed by atoms with van der Waals surface area (Å²) < 4.78 is 5.29. The number of benzene rings is 1. The molecule has 0 saturated heterocycles. The van der Waals surface area contributed by atoms with Crippen LogP contribution >= 0.6 is 11.6 Å². The van der Waals surface area contributed by atoms with Crippen LogP contribution in [0.4, 0.5) is 5.69 Å². The number of anilines is 1. The van der Waals surface area contributed by atoms with Gasteiger partial charge in [0.15, 0.2) is 0 Å². The summed E-state index contributed by atoms with van der Waals surface area (Å²) in [6, 6.07) is 5.10. The molecule has 1 aromatic rings. The fraction of sp³-hybridized carbons (Fsp3) is 0.417. The molecule has 0 aliphatic rings. The summed E-state index contributed by atoms with van der Waals surface area (Å²) in [5.41, 5.74) is -0.401. The van der Waals surface area contributed by atoms with Crippen molar-refractivity contribution in [2.24, 2.45) is 0 Å². The average molecular weight is 258 g/mol. The number of carbonyl (C=O) groups is 1. The number of carboxylic acids is 1. The molecule has 0 unspecified atom stereocenters. The van der Waals surface area contributed by atoms with Crippen molar-refractivity contribution in [1.29, 1.82) is 0 Å². The number of ether oxygens (including phenoxy) is 1. The first-order valence-electron chi connectivity index (χ1n) is 5.30. The Morgan fingerprint density at radius 1 is 1.53 bits per heavy atom. The number of carboxylic acid groups (broad SMARTS) is 1. The standard InChI is InChI=1S/C12H16ClNO3/c1-4-17-10-6-5-8(7-9(10)13)14-12(2,3)11(15)16/h5-7,14H,4H2,1-3H3,(H,15,16). The number of halogens is 1. The summed E-state index contributed by atoms with van der Waals surface area (Å²) in [5.74, 6) is -0.338. The van der Waals surface area contributed by atoms with E-state index in [0.717, 1.165) is 0 Å². The zero-order valence-corrected chi connectivity index (χ0v) is 10.8. The first kappa shape index (κ1) is 13.6. The molecule has 94 valence electrons. The van der Waals surface area contributed by atoms with E-state index in [0.29, 0.717) is 23.1 Å². The zero-order chi connectivity index (χ0) is 13.1. The van der Waals surface area contributed by atoms with Crippen LogP contribution in [0, 0.1) is 0 Å². The van der Waals surface area contributed by atoms with Crippen molar-refractivity contribution in [3.63, 3.8) is 0 Å². The Morgan fingerprint density at radius 2 is 2.18 bits per heavy atom. The Bertz CT molecular complexity index is 418. The number of hydrogen-bond acceptors (Lipinski definition) is 3. The summed E-state index contributed by atoms with van der Waals surface area (Å²) >= 11 is 6.00. The van der Waals surface area contributed by atoms with Crippen molar-refractivity contribution >= 4 is 23.3 Å². The third-order valence-electron chi connectivity index (χ3n) is 2.22. The molecule has 2 N–H and O–H groups in total. The summed E-state index contributed by atoms with van der Waals surface area (Å²) in [6.07, 6.45) is 0. The minimum atomic E-state index is -1.05. The van der Waals surface area contributed by atoms with Gasteiger partial charge < -0.3 is 15.2 Å². The predicted octanol–water partition coefficient (Wildman–Crippen LogP) is 3.01. The van der Waals surface area contributed by atoms with Crippen molar-refractivity contribution in [3.8, 4) is 5.75 Å². The SMILES string of the molecule is CCOc1ccc(NC(C)(C)C(=O)O)cc1Cl. The molecule has 0 amide bonds. The van der Waals surface area contributed by atoms with Crippen LogP contribution in [0.1, 0.15) is 20.8 Å². The van der Waals surface area contributed by atoms with Gasteiger partial charge >= 0.3 is 5.97 Å². The number of aliphatic carboxylic acids is 1. The minimum Gasteiger partial charge on any atom is -0.492 e. The minimum absolute atomic E-state index is 0.457. The van der Waals surface area contributed by atoms with E-state index in [-0.39, 0.29) is 0 Å². The molecule has 0 bridgehead atoms. The van der Waals surface area contributed by atoms with Crippen LogP contribution in [0.3, 0.4) is 0 Å². The number of rotatable bonds is 5. The second-order valence-corrected chi connectivity index (χ2v) is 4.54. The molecule has 0 fully saturated rings. The second kappa shape index (κ2) is 5.27. The number of nitrogens with one attached hydrogen (secondary N) is 1. The highest BCUT2D eigenvalue weighted by Gasteiger charge is 2.26. The first-order chi connectivity index (χ1) is 7.86. The van der Waals surface area contributed by atoms with E-state index in [9.17, 15) is 4.79 Å². The van der Waals surface area contributed by atoms with E-state index in [2.05, 4.69) is 5.32 Å². The molecule has 5 heteroatoms. The summed E-state index contributed by atoms with van der Waals surface area (Å²) in [5, 5.41) is 12.3. The van der Waals surface area contributed by atoms with Gasteiger partial charge in [0.05, 0.1) is 11.6 Å². The lowest BCUT2D eigenvalue weighted by Crippen LogP contribution is -2.39. The topological polar surface area (TPSA) is 58.6 Å². The van der Waals surface area contributed by atoms with Crippen LogP contribution in [0.15, 0.2) is 18.2 Å². The molecule has 0 radical (unpaired) electrons. The lowest BCUT2D eigenvalue weighted by atomic mass is 10.1. The maximum Gasteiger partial charge on any atom is 0.328 e. The highest BCUT2D eigenvalue weighted by atomic mass is 35.5. The Hall–Kier alpha value is -1.42. The molecular weight excluding hydrogens is 242 g/mol. The maximum absolute atomic E-state index is 11.0. The van der Waals surface area contributed by atoms with Crippen LogP contribution in [0.25, 0.3) is 0 Å². The number of hydrogen-bond donors (Lipinski definition) is 2. The third-order valence-corrected chi connectivity index (χ3v) is 2.52. The monoisotopic (exact) mass is 257 g/mol. The van der Waals surface area contributed by atoms with Crippen molar-refractivity contribution in [2.75, 3.05) is 11.9 Å². The van der Waals surface area contributed by atoms with E-state index in [1.807, 2.05) is 6.92 Å². The molecule has 4 nitrogen and oxygen atoms in total. The van der Waals surface area contributed by atoms with Gasteiger partial charge in [0.2, 0.25) is 0 Å². The van der Waals surface area contributed by atoms with Crippen LogP contribution in [0.2, 0.25) is 5.02 Å². The lowest BCUT2D eigenvalue weighted by Gasteiger charge is -2.22. The Kier molecular flexibility index (Phi) is 4.23. The van der Waals surface area contributed by atoms with Crippen molar-refractivity contribution < 1.29 is 14.6 Å². The fourth-order valence-corrected chi connectivity index (χ4v) is 1.50. The molecule has 1 aromatic carbocycles. The van der Waals surface area contributed by atoms with E-state index in [1.54, 1.807) is 32.0 Å². The van der Waals surface area contributed by atoms with Crippen molar-refractivity contribution in [2.45, 2.75) is 26.3 Å². The summed E-state index contributed by atoms with van der Waals surface area (Å²) in [7, 11) is 0. The normalized spacial score (nSPS) is 11.1. The van der Waals surface area contributed by atoms with Gasteiger partial charge in [0.25, 0.3) is 0 Å². The molecule has 0 atom stereocenters. The van der Waals surface area contributed by atoms with Gasteiger partial charge in [0, 0.05) is 5.69 Å². The van der Waals surface area contributed by atoms with E-state index < -0.39 is 11.5 Å². The summed E-state index contributed by atoms with van der Waals surface area (Å²) in [4.78, 5) is 11.0. The van der Waals surface area contributed by atoms with Crippen molar-refractivity contribution in [1.82, 2.24) is 0 Å². The Balaban J connectivity index is 2.87. The highest BCUT2D eigenvalue weighted by molar-refractivity contribution is 6.32. The van der Waals surface area contributed by atoms with Gasteiger partial charge in [-0.3, -0.25) is 0 Å². The Morgan fingerprint density at radius 3 is 2.65 bits per heavy atom. The third kappa shape index (κ3) is 3.53. The molecule has 0 spiro atoms. The van der Waals surface area contributed by atoms with E-state index in [1.165, 1.54) is 0 Å². The van der Waals surface area contributed by atoms with Crippen LogP contribution in [-0.2, 0) is 4.79 Å². The van der Waals surface area contributed by atoms with E-state index in [4.69, 9.17) is 21.4 Å². The van der Waals surface area contributed by atoms with Gasteiger partial charge in [-0.1, -0.05) is 11.6 Å². The quantitative estimate of drug-likeness (QED) is 0.851. The van der Waals surface area contributed by atoms with Crippen LogP contribution in [0.5, 0.6) is 5.75 Å². The van der Waals surface area contributed by atoms with Gasteiger partial charge in [0.1, 0.15) is 11.3 Å². The predicted molar refractivity (Wildman–Crippen MR) is 68.0 cm³/mol. The molecule has 1 rings (SSSR count). The smallest absolute Gasteiger partial charge is 0.328 e. The average Bonchev–Trinajstić information content (AvgIpc) is 2.21. The molecule has 0 aromatic heterocycles. The maximum atomic E-state index is 11.0. The lowest BCUT2D eigenvalue weighted by molar-refractivity contribution is -0.141. The molecular formula is C12H16ClNO3. The molecule has 17 heavy (non-hydrogen) atoms. The molecule has 0 heterocycles. The molecule has 0 saturated carbocycles. The van der Waals surface area contributed by atoms with Gasteiger partial charge in [-0.15, -0.1) is 0 Å². The molecule has 0 aliphatic carbocycles. The largest absolute Gasteiger partial charge is 0.492 e. The van der Waals surface area contributed by atoms with Crippen LogP contribution in [-0.4, -0.2) is 23.2 Å². The van der Waals surface area contributed by atoms with E-state index >= 15 is 0 Å². The second-order valence-electron chi connectivity index (χ2n) is 4.13. The first-order valence-corrected chi connectivity index (χ1v) is 5.68. The Labute approximate surface area is 106 Å².